The highest BCUT2D eigenvalue weighted by Gasteiger charge is 2.35. The number of halogens is 4. The lowest BCUT2D eigenvalue weighted by molar-refractivity contribution is -0.150. The number of nitrogens with zero attached hydrogens (tertiary/aromatic N) is 1. The Bertz CT molecular complexity index is 982. The topological polar surface area (TPSA) is 29.5 Å². The van der Waals surface area contributed by atoms with Crippen molar-refractivity contribution in [3.05, 3.63) is 107 Å². The van der Waals surface area contributed by atoms with Crippen LogP contribution in [0.2, 0.25) is 0 Å². The van der Waals surface area contributed by atoms with E-state index in [2.05, 4.69) is 0 Å². The lowest BCUT2D eigenvalue weighted by Gasteiger charge is -2.31. The van der Waals surface area contributed by atoms with Gasteiger partial charge in [0.25, 0.3) is 0 Å². The van der Waals surface area contributed by atoms with E-state index in [4.69, 9.17) is 4.74 Å². The minimum Gasteiger partial charge on any atom is -0.465 e. The van der Waals surface area contributed by atoms with Gasteiger partial charge in [0.15, 0.2) is 0 Å². The van der Waals surface area contributed by atoms with Crippen molar-refractivity contribution in [3.63, 3.8) is 0 Å². The fraction of sp³-hybridized carbons (Fsp3) is 0.240. The van der Waals surface area contributed by atoms with E-state index in [1.807, 2.05) is 60.7 Å². The molecule has 3 nitrogen and oxygen atoms in total. The number of alkyl halides is 3. The van der Waals surface area contributed by atoms with E-state index < -0.39 is 29.6 Å². The molecule has 7 heteroatoms. The van der Waals surface area contributed by atoms with Crippen LogP contribution in [0.3, 0.4) is 0 Å². The summed E-state index contributed by atoms with van der Waals surface area (Å²) in [6.07, 6.45) is -4.69. The fourth-order valence-corrected chi connectivity index (χ4v) is 3.49. The van der Waals surface area contributed by atoms with Gasteiger partial charge in [-0.05, 0) is 30.2 Å². The van der Waals surface area contributed by atoms with Gasteiger partial charge >= 0.3 is 12.1 Å². The SMILES string of the molecule is CCOC(=O)C(c1ccc(C(F)(F)F)cc1F)N(Cc1ccccc1)Cc1ccccc1. The molecule has 0 spiro atoms. The molecule has 0 radical (unpaired) electrons. The van der Waals surface area contributed by atoms with Gasteiger partial charge in [-0.1, -0.05) is 66.7 Å². The van der Waals surface area contributed by atoms with Gasteiger partial charge in [0.1, 0.15) is 11.9 Å². The molecule has 0 aromatic heterocycles. The third-order valence-corrected chi connectivity index (χ3v) is 4.95. The standard InChI is InChI=1S/C25H23F4NO2/c1-2-32-24(31)23(21-14-13-20(15-22(21)26)25(27,28)29)30(16-18-9-5-3-6-10-18)17-19-11-7-4-8-12-19/h3-15,23H,2,16-17H2,1H3. The van der Waals surface area contributed by atoms with Crippen molar-refractivity contribution in [3.8, 4) is 0 Å². The highest BCUT2D eigenvalue weighted by molar-refractivity contribution is 5.78. The Morgan fingerprint density at radius 3 is 1.88 bits per heavy atom. The van der Waals surface area contributed by atoms with Gasteiger partial charge in [-0.15, -0.1) is 0 Å². The smallest absolute Gasteiger partial charge is 0.416 e. The van der Waals surface area contributed by atoms with E-state index >= 15 is 0 Å². The van der Waals surface area contributed by atoms with Crippen LogP contribution in [0.25, 0.3) is 0 Å². The second-order valence-electron chi connectivity index (χ2n) is 7.26. The third-order valence-electron chi connectivity index (χ3n) is 4.95. The Kier molecular flexibility index (Phi) is 7.64. The lowest BCUT2D eigenvalue weighted by Crippen LogP contribution is -2.35. The molecule has 0 aliphatic heterocycles. The molecule has 0 aliphatic rings. The Hall–Kier alpha value is -3.19. The van der Waals surface area contributed by atoms with Crippen molar-refractivity contribution in [2.24, 2.45) is 0 Å². The van der Waals surface area contributed by atoms with Crippen LogP contribution < -0.4 is 0 Å². The number of hydrogen-bond acceptors (Lipinski definition) is 3. The van der Waals surface area contributed by atoms with Crippen LogP contribution in [-0.2, 0) is 28.8 Å². The van der Waals surface area contributed by atoms with Crippen molar-refractivity contribution in [1.29, 1.82) is 0 Å². The molecule has 0 fully saturated rings. The number of ether oxygens (including phenoxy) is 1. The van der Waals surface area contributed by atoms with Gasteiger partial charge in [0.05, 0.1) is 12.2 Å². The molecule has 0 saturated heterocycles. The third kappa shape index (κ3) is 5.95. The summed E-state index contributed by atoms with van der Waals surface area (Å²) in [6.45, 7) is 2.21. The average molecular weight is 445 g/mol. The zero-order chi connectivity index (χ0) is 23.1. The summed E-state index contributed by atoms with van der Waals surface area (Å²) in [5, 5.41) is 0. The van der Waals surface area contributed by atoms with Crippen molar-refractivity contribution in [2.45, 2.75) is 32.2 Å². The zero-order valence-corrected chi connectivity index (χ0v) is 17.5. The van der Waals surface area contributed by atoms with Gasteiger partial charge in [-0.2, -0.15) is 13.2 Å². The first-order valence-electron chi connectivity index (χ1n) is 10.1. The minimum absolute atomic E-state index is 0.0576. The number of benzene rings is 3. The van der Waals surface area contributed by atoms with Crippen molar-refractivity contribution in [1.82, 2.24) is 4.90 Å². The van der Waals surface area contributed by atoms with Gasteiger partial charge in [0.2, 0.25) is 0 Å². The molecular formula is C25H23F4NO2. The van der Waals surface area contributed by atoms with Crippen molar-refractivity contribution in [2.75, 3.05) is 6.61 Å². The molecule has 1 unspecified atom stereocenters. The van der Waals surface area contributed by atoms with Gasteiger partial charge < -0.3 is 4.74 Å². The molecule has 3 rings (SSSR count). The first-order chi connectivity index (χ1) is 15.3. The van der Waals surface area contributed by atoms with Crippen molar-refractivity contribution < 1.29 is 27.1 Å². The first-order valence-corrected chi connectivity index (χ1v) is 10.1. The number of hydrogen-bond donors (Lipinski definition) is 0. The van der Waals surface area contributed by atoms with E-state index in [1.54, 1.807) is 11.8 Å². The quantitative estimate of drug-likeness (QED) is 0.308. The average Bonchev–Trinajstić information content (AvgIpc) is 2.76. The summed E-state index contributed by atoms with van der Waals surface area (Å²) in [5.41, 5.74) is 0.456. The monoisotopic (exact) mass is 445 g/mol. The summed E-state index contributed by atoms with van der Waals surface area (Å²) in [5.74, 6) is -1.83. The first kappa shape index (κ1) is 23.5. The predicted octanol–water partition coefficient (Wildman–Crippen LogP) is 6.15. The van der Waals surface area contributed by atoms with Crippen LogP contribution >= 0.6 is 0 Å². The molecular weight excluding hydrogens is 422 g/mol. The molecule has 0 heterocycles. The normalized spacial score (nSPS) is 12.6. The molecule has 168 valence electrons. The molecule has 0 amide bonds. The van der Waals surface area contributed by atoms with E-state index in [-0.39, 0.29) is 25.3 Å². The van der Waals surface area contributed by atoms with Gasteiger partial charge in [0, 0.05) is 18.7 Å². The van der Waals surface area contributed by atoms with Crippen LogP contribution in [0.1, 0.15) is 35.2 Å². The molecule has 0 saturated carbocycles. The van der Waals surface area contributed by atoms with Crippen LogP contribution in [0.15, 0.2) is 78.9 Å². The maximum absolute atomic E-state index is 14.9. The van der Waals surface area contributed by atoms with Gasteiger partial charge in [-0.25, -0.2) is 9.18 Å². The number of carbonyl (C=O) groups excluding carboxylic acids is 1. The number of rotatable bonds is 8. The highest BCUT2D eigenvalue weighted by Crippen LogP contribution is 2.34. The highest BCUT2D eigenvalue weighted by atomic mass is 19.4. The fourth-order valence-electron chi connectivity index (χ4n) is 3.49. The van der Waals surface area contributed by atoms with Crippen LogP contribution in [0.4, 0.5) is 17.6 Å². The molecule has 3 aromatic carbocycles. The number of esters is 1. The van der Waals surface area contributed by atoms with E-state index in [0.717, 1.165) is 23.3 Å². The molecule has 1 atom stereocenters. The molecule has 0 bridgehead atoms. The van der Waals surface area contributed by atoms with Crippen molar-refractivity contribution >= 4 is 5.97 Å². The molecule has 3 aromatic rings. The minimum atomic E-state index is -4.69. The maximum Gasteiger partial charge on any atom is 0.416 e. The second kappa shape index (κ2) is 10.4. The summed E-state index contributed by atoms with van der Waals surface area (Å²) in [6, 6.07) is 19.5. The summed E-state index contributed by atoms with van der Waals surface area (Å²) in [7, 11) is 0. The maximum atomic E-state index is 14.9. The zero-order valence-electron chi connectivity index (χ0n) is 17.5. The molecule has 0 N–H and O–H groups in total. The van der Waals surface area contributed by atoms with Crippen LogP contribution in [0.5, 0.6) is 0 Å². The summed E-state index contributed by atoms with van der Waals surface area (Å²) >= 11 is 0. The van der Waals surface area contributed by atoms with E-state index in [0.29, 0.717) is 6.07 Å². The van der Waals surface area contributed by atoms with Crippen LogP contribution in [0, 0.1) is 5.82 Å². The number of carbonyl (C=O) groups is 1. The van der Waals surface area contributed by atoms with E-state index in [1.165, 1.54) is 0 Å². The molecule has 0 aliphatic carbocycles. The lowest BCUT2D eigenvalue weighted by atomic mass is 10.0. The Labute approximate surface area is 184 Å². The Balaban J connectivity index is 2.06. The summed E-state index contributed by atoms with van der Waals surface area (Å²) < 4.78 is 59.3. The molecule has 32 heavy (non-hydrogen) atoms. The van der Waals surface area contributed by atoms with E-state index in [9.17, 15) is 22.4 Å². The largest absolute Gasteiger partial charge is 0.465 e. The summed E-state index contributed by atoms with van der Waals surface area (Å²) in [4.78, 5) is 14.6. The predicted molar refractivity (Wildman–Crippen MR) is 113 cm³/mol. The van der Waals surface area contributed by atoms with Crippen LogP contribution in [-0.4, -0.2) is 17.5 Å². The Morgan fingerprint density at radius 1 is 0.906 bits per heavy atom. The van der Waals surface area contributed by atoms with Gasteiger partial charge in [-0.3, -0.25) is 4.90 Å². The second-order valence-corrected chi connectivity index (χ2v) is 7.26. The Morgan fingerprint density at radius 2 is 1.44 bits per heavy atom.